The topological polar surface area (TPSA) is 64.6 Å². The van der Waals surface area contributed by atoms with Crippen LogP contribution in [0.25, 0.3) is 0 Å². The van der Waals surface area contributed by atoms with Gasteiger partial charge in [-0.25, -0.2) is 4.39 Å². The Morgan fingerprint density at radius 3 is 2.17 bits per heavy atom. The second kappa shape index (κ2) is 10.8. The van der Waals surface area contributed by atoms with E-state index in [0.29, 0.717) is 24.3 Å². The molecule has 3 aromatic rings. The first-order valence-electron chi connectivity index (χ1n) is 9.60. The van der Waals surface area contributed by atoms with Gasteiger partial charge in [-0.1, -0.05) is 48.5 Å². The zero-order chi connectivity index (χ0) is 21.2. The highest BCUT2D eigenvalue weighted by molar-refractivity contribution is 5.96. The van der Waals surface area contributed by atoms with Crippen molar-refractivity contribution in [3.63, 3.8) is 0 Å². The minimum Gasteiger partial charge on any atom is -0.494 e. The van der Waals surface area contributed by atoms with E-state index >= 15 is 0 Å². The third-order valence-corrected chi connectivity index (χ3v) is 4.24. The summed E-state index contributed by atoms with van der Waals surface area (Å²) in [5.41, 5.74) is 0.959. The molecule has 0 aliphatic carbocycles. The highest BCUT2D eigenvalue weighted by Crippen LogP contribution is 2.21. The molecule has 0 bridgehead atoms. The molecule has 1 N–H and O–H groups in total. The summed E-state index contributed by atoms with van der Waals surface area (Å²) in [4.78, 5) is 25.1. The lowest BCUT2D eigenvalue weighted by Gasteiger charge is -2.18. The summed E-state index contributed by atoms with van der Waals surface area (Å²) >= 11 is 0. The summed E-state index contributed by atoms with van der Waals surface area (Å²) in [6.45, 7) is 0.358. The molecule has 1 atom stereocenters. The Balaban J connectivity index is 1.57. The number of benzene rings is 3. The number of carbonyl (C=O) groups excluding carboxylic acids is 2. The van der Waals surface area contributed by atoms with Crippen LogP contribution in [0.5, 0.6) is 5.75 Å². The first-order valence-corrected chi connectivity index (χ1v) is 9.60. The molecule has 0 unspecified atom stereocenters. The molecule has 0 radical (unpaired) electrons. The van der Waals surface area contributed by atoms with E-state index in [0.717, 1.165) is 5.75 Å². The molecular weight excluding hydrogens is 385 g/mol. The predicted molar refractivity (Wildman–Crippen MR) is 111 cm³/mol. The largest absolute Gasteiger partial charge is 0.494 e. The fourth-order valence-electron chi connectivity index (χ4n) is 2.76. The van der Waals surface area contributed by atoms with Crippen molar-refractivity contribution in [2.24, 2.45) is 0 Å². The van der Waals surface area contributed by atoms with Gasteiger partial charge in [-0.2, -0.15) is 0 Å². The number of hydrogen-bond donors (Lipinski definition) is 1. The molecule has 0 aromatic heterocycles. The molecule has 1 amide bonds. The monoisotopic (exact) mass is 407 g/mol. The number of nitrogens with one attached hydrogen (secondary N) is 1. The Morgan fingerprint density at radius 1 is 0.867 bits per heavy atom. The van der Waals surface area contributed by atoms with Gasteiger partial charge < -0.3 is 14.8 Å². The summed E-state index contributed by atoms with van der Waals surface area (Å²) in [6.07, 6.45) is -0.548. The van der Waals surface area contributed by atoms with Crippen LogP contribution in [0.3, 0.4) is 0 Å². The van der Waals surface area contributed by atoms with E-state index in [-0.39, 0.29) is 6.42 Å². The summed E-state index contributed by atoms with van der Waals surface area (Å²) < 4.78 is 24.1. The summed E-state index contributed by atoms with van der Waals surface area (Å²) in [7, 11) is 0. The predicted octanol–water partition coefficient (Wildman–Crippen LogP) is 4.91. The van der Waals surface area contributed by atoms with Gasteiger partial charge in [0.15, 0.2) is 0 Å². The Kier molecular flexibility index (Phi) is 7.55. The number of amides is 1. The SMILES string of the molecule is O=C(CCCOc1ccccc1)O[C@H](C(=O)Nc1ccc(F)cc1)c1ccccc1. The number of esters is 1. The zero-order valence-corrected chi connectivity index (χ0v) is 16.3. The molecule has 0 saturated carbocycles. The second-order valence-electron chi connectivity index (χ2n) is 6.54. The van der Waals surface area contributed by atoms with Crippen molar-refractivity contribution >= 4 is 17.6 Å². The first-order chi connectivity index (χ1) is 14.6. The van der Waals surface area contributed by atoms with Crippen molar-refractivity contribution in [3.8, 4) is 5.75 Å². The maximum Gasteiger partial charge on any atom is 0.307 e. The minimum atomic E-state index is -1.11. The van der Waals surface area contributed by atoms with Gasteiger partial charge in [-0.15, -0.1) is 0 Å². The van der Waals surface area contributed by atoms with Gasteiger partial charge in [0.2, 0.25) is 6.10 Å². The molecule has 0 fully saturated rings. The second-order valence-corrected chi connectivity index (χ2v) is 6.54. The smallest absolute Gasteiger partial charge is 0.307 e. The standard InChI is InChI=1S/C24H22FNO4/c25-19-13-15-20(16-14-19)26-24(28)23(18-8-3-1-4-9-18)30-22(27)12-7-17-29-21-10-5-2-6-11-21/h1-6,8-11,13-16,23H,7,12,17H2,(H,26,28)/t23-/m0/s1. The molecule has 5 nitrogen and oxygen atoms in total. The summed E-state index contributed by atoms with van der Waals surface area (Å²) in [5, 5.41) is 2.65. The molecule has 154 valence electrons. The number of carbonyl (C=O) groups is 2. The Labute approximate surface area is 174 Å². The Hall–Kier alpha value is -3.67. The third kappa shape index (κ3) is 6.44. The molecule has 30 heavy (non-hydrogen) atoms. The van der Waals surface area contributed by atoms with E-state index in [1.165, 1.54) is 24.3 Å². The van der Waals surface area contributed by atoms with Crippen LogP contribution in [0, 0.1) is 5.82 Å². The summed E-state index contributed by atoms with van der Waals surface area (Å²) in [5.74, 6) is -0.695. The van der Waals surface area contributed by atoms with Crippen LogP contribution in [0.2, 0.25) is 0 Å². The van der Waals surface area contributed by atoms with Crippen molar-refractivity contribution in [2.75, 3.05) is 11.9 Å². The molecule has 0 heterocycles. The number of ether oxygens (including phenoxy) is 2. The average Bonchev–Trinajstić information content (AvgIpc) is 2.78. The maximum atomic E-state index is 13.1. The van der Waals surface area contributed by atoms with Crippen LogP contribution >= 0.6 is 0 Å². The molecule has 0 spiro atoms. The summed E-state index contributed by atoms with van der Waals surface area (Å²) in [6, 6.07) is 23.4. The molecule has 0 saturated heterocycles. The van der Waals surface area contributed by atoms with Crippen LogP contribution in [0.1, 0.15) is 24.5 Å². The van der Waals surface area contributed by atoms with Gasteiger partial charge in [0.1, 0.15) is 11.6 Å². The maximum absolute atomic E-state index is 13.1. The number of rotatable bonds is 9. The number of para-hydroxylation sites is 1. The van der Waals surface area contributed by atoms with E-state index < -0.39 is 23.8 Å². The molecule has 3 rings (SSSR count). The van der Waals surface area contributed by atoms with Gasteiger partial charge in [0, 0.05) is 17.7 Å². The lowest BCUT2D eigenvalue weighted by atomic mass is 10.1. The fraction of sp³-hybridized carbons (Fsp3) is 0.167. The number of halogens is 1. The van der Waals surface area contributed by atoms with Crippen LogP contribution in [0.15, 0.2) is 84.9 Å². The molecule has 6 heteroatoms. The van der Waals surface area contributed by atoms with E-state index in [1.807, 2.05) is 30.3 Å². The van der Waals surface area contributed by atoms with Crippen molar-refractivity contribution in [2.45, 2.75) is 18.9 Å². The number of anilines is 1. The first kappa shape index (κ1) is 21.0. The van der Waals surface area contributed by atoms with Crippen LogP contribution in [-0.2, 0) is 14.3 Å². The highest BCUT2D eigenvalue weighted by atomic mass is 19.1. The van der Waals surface area contributed by atoms with Crippen molar-refractivity contribution in [1.29, 1.82) is 0 Å². The molecule has 3 aromatic carbocycles. The van der Waals surface area contributed by atoms with Gasteiger partial charge in [-0.05, 0) is 42.8 Å². The van der Waals surface area contributed by atoms with Gasteiger partial charge in [0.05, 0.1) is 6.61 Å². The third-order valence-electron chi connectivity index (χ3n) is 4.24. The normalized spacial score (nSPS) is 11.4. The van der Waals surface area contributed by atoms with Crippen LogP contribution in [0.4, 0.5) is 10.1 Å². The molecule has 0 aliphatic rings. The molecule has 0 aliphatic heterocycles. The van der Waals surface area contributed by atoms with Crippen molar-refractivity contribution in [1.82, 2.24) is 0 Å². The van der Waals surface area contributed by atoms with E-state index in [9.17, 15) is 14.0 Å². The van der Waals surface area contributed by atoms with Gasteiger partial charge in [0.25, 0.3) is 5.91 Å². The lowest BCUT2D eigenvalue weighted by molar-refractivity contribution is -0.155. The van der Waals surface area contributed by atoms with Crippen LogP contribution < -0.4 is 10.1 Å². The highest BCUT2D eigenvalue weighted by Gasteiger charge is 2.25. The van der Waals surface area contributed by atoms with E-state index in [1.54, 1.807) is 30.3 Å². The van der Waals surface area contributed by atoms with Crippen LogP contribution in [-0.4, -0.2) is 18.5 Å². The van der Waals surface area contributed by atoms with Crippen molar-refractivity contribution in [3.05, 3.63) is 96.3 Å². The van der Waals surface area contributed by atoms with Gasteiger partial charge in [-0.3, -0.25) is 9.59 Å². The lowest BCUT2D eigenvalue weighted by Crippen LogP contribution is -2.26. The fourth-order valence-corrected chi connectivity index (χ4v) is 2.76. The average molecular weight is 407 g/mol. The van der Waals surface area contributed by atoms with E-state index in [4.69, 9.17) is 9.47 Å². The minimum absolute atomic E-state index is 0.111. The quantitative estimate of drug-likeness (QED) is 0.404. The Bertz CT molecular complexity index is 946. The van der Waals surface area contributed by atoms with Gasteiger partial charge >= 0.3 is 5.97 Å². The zero-order valence-electron chi connectivity index (χ0n) is 16.3. The Morgan fingerprint density at radius 2 is 1.50 bits per heavy atom. The van der Waals surface area contributed by atoms with Crippen molar-refractivity contribution < 1.29 is 23.5 Å². The van der Waals surface area contributed by atoms with E-state index in [2.05, 4.69) is 5.32 Å². The molecular formula is C24H22FNO4. The number of hydrogen-bond acceptors (Lipinski definition) is 4.